The van der Waals surface area contributed by atoms with E-state index >= 15 is 0 Å². The van der Waals surface area contributed by atoms with Crippen molar-refractivity contribution in [3.05, 3.63) is 35.1 Å². The molecule has 2 rings (SSSR count). The van der Waals surface area contributed by atoms with Crippen LogP contribution in [-0.4, -0.2) is 17.8 Å². The standard InChI is InChI=1S/C14H18F3NO/c15-12-5-10(6-13(16)14(12)17)8-18-7-9-1-3-11(19)4-2-9/h5-6,9,11,18-19H,1-4,7-8H2. The molecule has 19 heavy (non-hydrogen) atoms. The summed E-state index contributed by atoms with van der Waals surface area (Å²) in [7, 11) is 0. The highest BCUT2D eigenvalue weighted by molar-refractivity contribution is 5.19. The van der Waals surface area contributed by atoms with E-state index in [0.29, 0.717) is 18.0 Å². The average molecular weight is 273 g/mol. The molecule has 1 aliphatic rings. The van der Waals surface area contributed by atoms with Crippen molar-refractivity contribution in [1.29, 1.82) is 0 Å². The van der Waals surface area contributed by atoms with Crippen molar-refractivity contribution in [3.63, 3.8) is 0 Å². The van der Waals surface area contributed by atoms with E-state index in [0.717, 1.165) is 44.4 Å². The van der Waals surface area contributed by atoms with Crippen LogP contribution in [0.1, 0.15) is 31.2 Å². The summed E-state index contributed by atoms with van der Waals surface area (Å²) in [6, 6.07) is 2.02. The van der Waals surface area contributed by atoms with E-state index < -0.39 is 17.5 Å². The quantitative estimate of drug-likeness (QED) is 0.827. The molecule has 1 saturated carbocycles. The normalized spacial score (nSPS) is 23.6. The highest BCUT2D eigenvalue weighted by atomic mass is 19.2. The van der Waals surface area contributed by atoms with Crippen LogP contribution in [0, 0.1) is 23.4 Å². The summed E-state index contributed by atoms with van der Waals surface area (Å²) >= 11 is 0. The lowest BCUT2D eigenvalue weighted by molar-refractivity contribution is 0.108. The van der Waals surface area contributed by atoms with Crippen LogP contribution < -0.4 is 5.32 Å². The van der Waals surface area contributed by atoms with Gasteiger partial charge in [-0.15, -0.1) is 0 Å². The van der Waals surface area contributed by atoms with E-state index in [4.69, 9.17) is 0 Å². The van der Waals surface area contributed by atoms with Crippen molar-refractivity contribution in [3.8, 4) is 0 Å². The van der Waals surface area contributed by atoms with Gasteiger partial charge < -0.3 is 10.4 Å². The van der Waals surface area contributed by atoms with Gasteiger partial charge in [0.15, 0.2) is 17.5 Å². The number of hydrogen-bond acceptors (Lipinski definition) is 2. The maximum Gasteiger partial charge on any atom is 0.194 e. The molecule has 2 nitrogen and oxygen atoms in total. The topological polar surface area (TPSA) is 32.3 Å². The molecule has 0 amide bonds. The van der Waals surface area contributed by atoms with Crippen LogP contribution in [0.3, 0.4) is 0 Å². The van der Waals surface area contributed by atoms with E-state index in [-0.39, 0.29) is 6.10 Å². The molecule has 0 saturated heterocycles. The highest BCUT2D eigenvalue weighted by Crippen LogP contribution is 2.23. The number of aliphatic hydroxyl groups excluding tert-OH is 1. The number of halogens is 3. The fourth-order valence-corrected chi connectivity index (χ4v) is 2.48. The number of aliphatic hydroxyl groups is 1. The molecule has 0 unspecified atom stereocenters. The molecule has 1 aromatic rings. The van der Waals surface area contributed by atoms with Gasteiger partial charge in [0.2, 0.25) is 0 Å². The zero-order chi connectivity index (χ0) is 13.8. The molecule has 106 valence electrons. The van der Waals surface area contributed by atoms with Crippen LogP contribution >= 0.6 is 0 Å². The second kappa shape index (κ2) is 6.39. The number of rotatable bonds is 4. The Labute approximate surface area is 110 Å². The molecule has 0 aromatic heterocycles. The average Bonchev–Trinajstić information content (AvgIpc) is 2.38. The largest absolute Gasteiger partial charge is 0.393 e. The maximum absolute atomic E-state index is 13.0. The lowest BCUT2D eigenvalue weighted by Crippen LogP contribution is -2.27. The molecule has 0 spiro atoms. The highest BCUT2D eigenvalue weighted by Gasteiger charge is 2.19. The monoisotopic (exact) mass is 273 g/mol. The smallest absolute Gasteiger partial charge is 0.194 e. The van der Waals surface area contributed by atoms with Crippen molar-refractivity contribution in [1.82, 2.24) is 5.32 Å². The summed E-state index contributed by atoms with van der Waals surface area (Å²) in [4.78, 5) is 0. The summed E-state index contributed by atoms with van der Waals surface area (Å²) < 4.78 is 38.8. The van der Waals surface area contributed by atoms with Gasteiger partial charge in [-0.25, -0.2) is 13.2 Å². The van der Waals surface area contributed by atoms with Crippen molar-refractivity contribution in [2.75, 3.05) is 6.54 Å². The molecule has 0 radical (unpaired) electrons. The Morgan fingerprint density at radius 3 is 2.21 bits per heavy atom. The van der Waals surface area contributed by atoms with Gasteiger partial charge in [0.1, 0.15) is 0 Å². The van der Waals surface area contributed by atoms with Crippen molar-refractivity contribution in [2.45, 2.75) is 38.3 Å². The summed E-state index contributed by atoms with van der Waals surface area (Å²) in [6.07, 6.45) is 3.36. The molecule has 0 bridgehead atoms. The summed E-state index contributed by atoms with van der Waals surface area (Å²) in [5.41, 5.74) is 0.396. The van der Waals surface area contributed by atoms with Crippen LogP contribution in [0.2, 0.25) is 0 Å². The maximum atomic E-state index is 13.0. The third-order valence-electron chi connectivity index (χ3n) is 3.62. The summed E-state index contributed by atoms with van der Waals surface area (Å²) in [6.45, 7) is 1.06. The Hall–Kier alpha value is -1.07. The molecule has 1 aliphatic carbocycles. The molecule has 0 atom stereocenters. The van der Waals surface area contributed by atoms with Gasteiger partial charge >= 0.3 is 0 Å². The zero-order valence-corrected chi connectivity index (χ0v) is 10.6. The first kappa shape index (κ1) is 14.3. The van der Waals surface area contributed by atoms with E-state index in [1.54, 1.807) is 0 Å². The first-order chi connectivity index (χ1) is 9.06. The van der Waals surface area contributed by atoms with Crippen LogP contribution in [0.4, 0.5) is 13.2 Å². The van der Waals surface area contributed by atoms with E-state index in [1.807, 2.05) is 0 Å². The number of nitrogens with one attached hydrogen (secondary N) is 1. The lowest BCUT2D eigenvalue weighted by atomic mass is 9.87. The van der Waals surface area contributed by atoms with Gasteiger partial charge in [-0.3, -0.25) is 0 Å². The second-order valence-corrected chi connectivity index (χ2v) is 5.18. The van der Waals surface area contributed by atoms with Crippen LogP contribution in [0.5, 0.6) is 0 Å². The van der Waals surface area contributed by atoms with Gasteiger partial charge in [-0.05, 0) is 55.8 Å². The predicted molar refractivity (Wildman–Crippen MR) is 66.0 cm³/mol. The molecule has 1 fully saturated rings. The molecule has 5 heteroatoms. The molecule has 0 aliphatic heterocycles. The van der Waals surface area contributed by atoms with Crippen LogP contribution in [0.15, 0.2) is 12.1 Å². The first-order valence-electron chi connectivity index (χ1n) is 6.58. The Morgan fingerprint density at radius 1 is 1.05 bits per heavy atom. The predicted octanol–water partition coefficient (Wildman–Crippen LogP) is 2.74. The van der Waals surface area contributed by atoms with Gasteiger partial charge in [0, 0.05) is 6.54 Å². The fraction of sp³-hybridized carbons (Fsp3) is 0.571. The molecular formula is C14H18F3NO. The minimum Gasteiger partial charge on any atom is -0.393 e. The van der Waals surface area contributed by atoms with Gasteiger partial charge in [-0.2, -0.15) is 0 Å². The zero-order valence-electron chi connectivity index (χ0n) is 10.6. The molecule has 0 heterocycles. The lowest BCUT2D eigenvalue weighted by Gasteiger charge is -2.25. The number of hydrogen-bond donors (Lipinski definition) is 2. The van der Waals surface area contributed by atoms with Crippen molar-refractivity contribution in [2.24, 2.45) is 5.92 Å². The fourth-order valence-electron chi connectivity index (χ4n) is 2.48. The van der Waals surface area contributed by atoms with E-state index in [2.05, 4.69) is 5.32 Å². The third kappa shape index (κ3) is 3.94. The van der Waals surface area contributed by atoms with Crippen LogP contribution in [-0.2, 0) is 6.54 Å². The molecular weight excluding hydrogens is 255 g/mol. The van der Waals surface area contributed by atoms with Crippen molar-refractivity contribution >= 4 is 0 Å². The number of benzene rings is 1. The Bertz CT molecular complexity index is 408. The minimum absolute atomic E-state index is 0.184. The van der Waals surface area contributed by atoms with Gasteiger partial charge in [0.25, 0.3) is 0 Å². The molecule has 1 aromatic carbocycles. The SMILES string of the molecule is OC1CCC(CNCc2cc(F)c(F)c(F)c2)CC1. The molecule has 2 N–H and O–H groups in total. The minimum atomic E-state index is -1.43. The van der Waals surface area contributed by atoms with E-state index in [9.17, 15) is 18.3 Å². The van der Waals surface area contributed by atoms with Gasteiger partial charge in [-0.1, -0.05) is 0 Å². The van der Waals surface area contributed by atoms with E-state index in [1.165, 1.54) is 0 Å². The van der Waals surface area contributed by atoms with Crippen molar-refractivity contribution < 1.29 is 18.3 Å². The first-order valence-corrected chi connectivity index (χ1v) is 6.58. The summed E-state index contributed by atoms with van der Waals surface area (Å²) in [5.74, 6) is -3.25. The Balaban J connectivity index is 1.79. The van der Waals surface area contributed by atoms with Crippen LogP contribution in [0.25, 0.3) is 0 Å². The Morgan fingerprint density at radius 2 is 1.63 bits per heavy atom. The Kier molecular flexibility index (Phi) is 4.82. The van der Waals surface area contributed by atoms with Gasteiger partial charge in [0.05, 0.1) is 6.10 Å². The third-order valence-corrected chi connectivity index (χ3v) is 3.62. The second-order valence-electron chi connectivity index (χ2n) is 5.18. The summed E-state index contributed by atoms with van der Waals surface area (Å²) in [5, 5.41) is 12.5.